The second-order valence-corrected chi connectivity index (χ2v) is 7.58. The zero-order valence-corrected chi connectivity index (χ0v) is 17.3. The SMILES string of the molecule is CCCCC(O)C(=O)CCC1C(O)CC(=O)C1C/C=C\CCCC(=O)OCC. The van der Waals surface area contributed by atoms with Gasteiger partial charge in [-0.15, -0.1) is 0 Å². The molecule has 1 fully saturated rings. The average molecular weight is 397 g/mol. The van der Waals surface area contributed by atoms with Gasteiger partial charge in [-0.3, -0.25) is 14.4 Å². The van der Waals surface area contributed by atoms with Gasteiger partial charge in [0.05, 0.1) is 12.7 Å². The van der Waals surface area contributed by atoms with Crippen molar-refractivity contribution in [3.8, 4) is 0 Å². The molecule has 0 heterocycles. The van der Waals surface area contributed by atoms with E-state index in [1.165, 1.54) is 0 Å². The van der Waals surface area contributed by atoms with Gasteiger partial charge in [-0.1, -0.05) is 31.9 Å². The third kappa shape index (κ3) is 8.65. The number of unbranched alkanes of at least 4 members (excludes halogenated alkanes) is 2. The Balaban J connectivity index is 2.42. The lowest BCUT2D eigenvalue weighted by atomic mass is 9.86. The van der Waals surface area contributed by atoms with Crippen LogP contribution in [-0.4, -0.2) is 46.6 Å². The lowest BCUT2D eigenvalue weighted by Crippen LogP contribution is -2.25. The molecule has 1 aliphatic carbocycles. The van der Waals surface area contributed by atoms with E-state index < -0.39 is 12.2 Å². The number of Topliss-reactive ketones (excluding diaryl/α,β-unsaturated/α-hetero) is 2. The number of carbonyl (C=O) groups is 3. The van der Waals surface area contributed by atoms with Crippen LogP contribution < -0.4 is 0 Å². The first-order chi connectivity index (χ1) is 13.4. The number of ketones is 2. The fourth-order valence-electron chi connectivity index (χ4n) is 3.71. The summed E-state index contributed by atoms with van der Waals surface area (Å²) in [7, 11) is 0. The average Bonchev–Trinajstić information content (AvgIpc) is 2.93. The monoisotopic (exact) mass is 396 g/mol. The van der Waals surface area contributed by atoms with Crippen molar-refractivity contribution < 1.29 is 29.3 Å². The predicted octanol–water partition coefficient (Wildman–Crippen LogP) is 3.13. The van der Waals surface area contributed by atoms with Gasteiger partial charge in [-0.2, -0.15) is 0 Å². The van der Waals surface area contributed by atoms with Gasteiger partial charge in [0, 0.05) is 25.2 Å². The van der Waals surface area contributed by atoms with Gasteiger partial charge < -0.3 is 14.9 Å². The molecule has 0 aromatic heterocycles. The number of carbonyl (C=O) groups excluding carboxylic acids is 3. The minimum atomic E-state index is -0.938. The van der Waals surface area contributed by atoms with Gasteiger partial charge in [0.25, 0.3) is 0 Å². The number of hydrogen-bond acceptors (Lipinski definition) is 6. The predicted molar refractivity (Wildman–Crippen MR) is 107 cm³/mol. The number of esters is 1. The fraction of sp³-hybridized carbons (Fsp3) is 0.773. The van der Waals surface area contributed by atoms with E-state index in [4.69, 9.17) is 4.74 Å². The number of hydrogen-bond donors (Lipinski definition) is 2. The van der Waals surface area contributed by atoms with Crippen molar-refractivity contribution in [2.24, 2.45) is 11.8 Å². The summed E-state index contributed by atoms with van der Waals surface area (Å²) in [4.78, 5) is 35.5. The van der Waals surface area contributed by atoms with Crippen molar-refractivity contribution in [1.29, 1.82) is 0 Å². The number of aliphatic hydroxyl groups is 2. The van der Waals surface area contributed by atoms with Crippen molar-refractivity contribution >= 4 is 17.5 Å². The van der Waals surface area contributed by atoms with Crippen LogP contribution in [0.25, 0.3) is 0 Å². The van der Waals surface area contributed by atoms with Gasteiger partial charge in [0.15, 0.2) is 5.78 Å². The molecule has 1 rings (SSSR count). The Kier molecular flexibility index (Phi) is 11.9. The summed E-state index contributed by atoms with van der Waals surface area (Å²) in [6, 6.07) is 0. The van der Waals surface area contributed by atoms with Crippen molar-refractivity contribution in [3.05, 3.63) is 12.2 Å². The molecule has 0 amide bonds. The van der Waals surface area contributed by atoms with Crippen LogP contribution >= 0.6 is 0 Å². The maximum Gasteiger partial charge on any atom is 0.305 e. The first-order valence-corrected chi connectivity index (χ1v) is 10.6. The summed E-state index contributed by atoms with van der Waals surface area (Å²) >= 11 is 0. The Hall–Kier alpha value is -1.53. The normalized spacial score (nSPS) is 23.3. The highest BCUT2D eigenvalue weighted by molar-refractivity contribution is 5.85. The maximum atomic E-state index is 12.2. The van der Waals surface area contributed by atoms with E-state index in [9.17, 15) is 24.6 Å². The third-order valence-electron chi connectivity index (χ3n) is 5.38. The zero-order valence-electron chi connectivity index (χ0n) is 17.3. The zero-order chi connectivity index (χ0) is 20.9. The van der Waals surface area contributed by atoms with E-state index >= 15 is 0 Å². The van der Waals surface area contributed by atoms with E-state index in [0.717, 1.165) is 19.3 Å². The first kappa shape index (κ1) is 24.5. The molecule has 28 heavy (non-hydrogen) atoms. The molecular weight excluding hydrogens is 360 g/mol. The molecule has 6 nitrogen and oxygen atoms in total. The van der Waals surface area contributed by atoms with Crippen LogP contribution in [0.1, 0.15) is 78.1 Å². The standard InChI is InChI=1S/C22H36O6/c1-3-5-11-18(23)19(24)14-13-17-16(20(25)15-21(17)26)10-8-6-7-9-12-22(27)28-4-2/h6,8,16-18,21,23,26H,3-5,7,9-15H2,1-2H3/b8-6-. The Labute approximate surface area is 168 Å². The highest BCUT2D eigenvalue weighted by atomic mass is 16.5. The number of rotatable bonds is 14. The number of allylic oxidation sites excluding steroid dienone is 2. The van der Waals surface area contributed by atoms with Gasteiger partial charge in [-0.25, -0.2) is 0 Å². The van der Waals surface area contributed by atoms with Gasteiger partial charge in [-0.05, 0) is 44.9 Å². The molecule has 6 heteroatoms. The number of aliphatic hydroxyl groups excluding tert-OH is 2. The number of ether oxygens (including phenoxy) is 1. The largest absolute Gasteiger partial charge is 0.466 e. The maximum absolute atomic E-state index is 12.2. The Morgan fingerprint density at radius 3 is 2.64 bits per heavy atom. The van der Waals surface area contributed by atoms with Crippen molar-refractivity contribution in [2.75, 3.05) is 6.61 Å². The molecule has 0 aromatic rings. The van der Waals surface area contributed by atoms with E-state index in [0.29, 0.717) is 38.7 Å². The molecule has 0 aliphatic heterocycles. The third-order valence-corrected chi connectivity index (χ3v) is 5.38. The minimum absolute atomic E-state index is 0.0349. The molecule has 4 atom stereocenters. The van der Waals surface area contributed by atoms with E-state index in [-0.39, 0.29) is 42.2 Å². The van der Waals surface area contributed by atoms with E-state index in [1.807, 2.05) is 19.1 Å². The van der Waals surface area contributed by atoms with Crippen molar-refractivity contribution in [1.82, 2.24) is 0 Å². The lowest BCUT2D eigenvalue weighted by Gasteiger charge is -2.20. The second-order valence-electron chi connectivity index (χ2n) is 7.58. The van der Waals surface area contributed by atoms with E-state index in [1.54, 1.807) is 6.92 Å². The van der Waals surface area contributed by atoms with Gasteiger partial charge >= 0.3 is 5.97 Å². The summed E-state index contributed by atoms with van der Waals surface area (Å²) in [5, 5.41) is 20.1. The smallest absolute Gasteiger partial charge is 0.305 e. The van der Waals surface area contributed by atoms with Crippen molar-refractivity contribution in [3.63, 3.8) is 0 Å². The molecule has 2 N–H and O–H groups in total. The molecule has 160 valence electrons. The summed E-state index contributed by atoms with van der Waals surface area (Å²) in [5.74, 6) is -0.882. The summed E-state index contributed by atoms with van der Waals surface area (Å²) in [5.41, 5.74) is 0. The molecule has 0 bridgehead atoms. The van der Waals surface area contributed by atoms with Crippen molar-refractivity contribution in [2.45, 2.75) is 90.3 Å². The van der Waals surface area contributed by atoms with Crippen LogP contribution in [0, 0.1) is 11.8 Å². The molecule has 0 radical (unpaired) electrons. The highest BCUT2D eigenvalue weighted by Crippen LogP contribution is 2.35. The first-order valence-electron chi connectivity index (χ1n) is 10.6. The lowest BCUT2D eigenvalue weighted by molar-refractivity contribution is -0.143. The van der Waals surface area contributed by atoms with Crippen LogP contribution in [0.2, 0.25) is 0 Å². The summed E-state index contributed by atoms with van der Waals surface area (Å²) in [6.45, 7) is 4.17. The molecule has 0 saturated heterocycles. The minimum Gasteiger partial charge on any atom is -0.466 e. The summed E-state index contributed by atoms with van der Waals surface area (Å²) < 4.78 is 4.87. The fourth-order valence-corrected chi connectivity index (χ4v) is 3.71. The Morgan fingerprint density at radius 1 is 1.21 bits per heavy atom. The Bertz CT molecular complexity index is 527. The molecule has 4 unspecified atom stereocenters. The second kappa shape index (κ2) is 13.6. The summed E-state index contributed by atoms with van der Waals surface area (Å²) in [6.07, 6.45) is 7.53. The van der Waals surface area contributed by atoms with Gasteiger partial charge in [0.2, 0.25) is 0 Å². The van der Waals surface area contributed by atoms with E-state index in [2.05, 4.69) is 0 Å². The molecule has 1 saturated carbocycles. The van der Waals surface area contributed by atoms with Gasteiger partial charge in [0.1, 0.15) is 11.9 Å². The molecule has 0 aromatic carbocycles. The van der Waals surface area contributed by atoms with Crippen LogP contribution in [0.5, 0.6) is 0 Å². The van der Waals surface area contributed by atoms with Crippen LogP contribution in [0.4, 0.5) is 0 Å². The molecule has 1 aliphatic rings. The Morgan fingerprint density at radius 2 is 1.96 bits per heavy atom. The highest BCUT2D eigenvalue weighted by Gasteiger charge is 2.40. The van der Waals surface area contributed by atoms with Crippen LogP contribution in [-0.2, 0) is 19.1 Å². The molecular formula is C22H36O6. The van der Waals surface area contributed by atoms with Crippen LogP contribution in [0.15, 0.2) is 12.2 Å². The molecule has 0 spiro atoms. The quantitative estimate of drug-likeness (QED) is 0.266. The topological polar surface area (TPSA) is 101 Å². The van der Waals surface area contributed by atoms with Crippen LogP contribution in [0.3, 0.4) is 0 Å².